The Kier molecular flexibility index (Phi) is 7.93. The molecule has 1 saturated heterocycles. The van der Waals surface area contributed by atoms with Gasteiger partial charge in [0.25, 0.3) is 5.91 Å². The number of imidazole rings is 1. The van der Waals surface area contributed by atoms with Gasteiger partial charge in [0.05, 0.1) is 11.9 Å². The average molecular weight is 536 g/mol. The largest absolute Gasteiger partial charge is 0.461 e. The molecule has 0 radical (unpaired) electrons. The molecule has 2 aromatic rings. The number of amides is 1. The minimum absolute atomic E-state index is 0.0672. The van der Waals surface area contributed by atoms with Crippen LogP contribution in [-0.2, 0) is 30.3 Å². The molecule has 0 aromatic carbocycles. The molecule has 36 heavy (non-hydrogen) atoms. The van der Waals surface area contributed by atoms with Crippen LogP contribution >= 0.6 is 23.5 Å². The lowest BCUT2D eigenvalue weighted by Crippen LogP contribution is -2.68. The molecule has 4 rings (SSSR count). The van der Waals surface area contributed by atoms with Crippen LogP contribution < -0.4 is 5.32 Å². The van der Waals surface area contributed by atoms with Crippen molar-refractivity contribution < 1.29 is 23.9 Å². The van der Waals surface area contributed by atoms with Crippen molar-refractivity contribution in [2.45, 2.75) is 62.6 Å². The number of esters is 2. The zero-order valence-corrected chi connectivity index (χ0v) is 22.1. The minimum atomic E-state index is -0.736. The number of rotatable bonds is 10. The number of thioether (sulfide) groups is 2. The van der Waals surface area contributed by atoms with Crippen molar-refractivity contribution in [2.24, 2.45) is 0 Å². The Bertz CT molecular complexity index is 1140. The highest BCUT2D eigenvalue weighted by Crippen LogP contribution is 2.42. The second-order valence-corrected chi connectivity index (χ2v) is 11.5. The number of nitrogens with one attached hydrogen (secondary N) is 3. The minimum Gasteiger partial charge on any atom is -0.461 e. The zero-order valence-electron chi connectivity index (χ0n) is 20.5. The number of aromatic nitrogens is 5. The van der Waals surface area contributed by atoms with E-state index < -0.39 is 23.6 Å². The normalized spacial score (nSPS) is 19.6. The van der Waals surface area contributed by atoms with Gasteiger partial charge >= 0.3 is 11.9 Å². The van der Waals surface area contributed by atoms with Crippen LogP contribution in [0.15, 0.2) is 28.7 Å². The van der Waals surface area contributed by atoms with Crippen LogP contribution in [-0.4, -0.2) is 83.3 Å². The van der Waals surface area contributed by atoms with E-state index >= 15 is 0 Å². The summed E-state index contributed by atoms with van der Waals surface area (Å²) in [4.78, 5) is 46.5. The van der Waals surface area contributed by atoms with Gasteiger partial charge in [-0.05, 0) is 39.4 Å². The molecule has 2 aliphatic heterocycles. The molecule has 2 aromatic heterocycles. The molecule has 0 aliphatic carbocycles. The number of aryl methyl sites for hydroxylation is 1. The maximum absolute atomic E-state index is 13.1. The molecule has 4 heterocycles. The predicted molar refractivity (Wildman–Crippen MR) is 134 cm³/mol. The summed E-state index contributed by atoms with van der Waals surface area (Å²) in [6.45, 7) is 6.51. The number of fused-ring (bicyclic) bond motifs is 1. The van der Waals surface area contributed by atoms with Crippen LogP contribution in [0.1, 0.15) is 39.8 Å². The number of β-lactam (4-membered cyclic amide) rings is 1. The van der Waals surface area contributed by atoms with E-state index in [-0.39, 0.29) is 23.6 Å². The first-order valence-electron chi connectivity index (χ1n) is 11.5. The van der Waals surface area contributed by atoms with Crippen molar-refractivity contribution in [1.29, 1.82) is 0 Å². The summed E-state index contributed by atoms with van der Waals surface area (Å²) in [5.41, 5.74) is 0.860. The lowest BCUT2D eigenvalue weighted by Gasteiger charge is -2.49. The van der Waals surface area contributed by atoms with Gasteiger partial charge in [0, 0.05) is 24.4 Å². The summed E-state index contributed by atoms with van der Waals surface area (Å²) in [6, 6.07) is -0.551. The lowest BCUT2D eigenvalue weighted by molar-refractivity contribution is -0.157. The fraction of sp³-hybridized carbons (Fsp3) is 0.545. The maximum atomic E-state index is 13.1. The highest BCUT2D eigenvalue weighted by atomic mass is 32.2. The Morgan fingerprint density at radius 1 is 1.36 bits per heavy atom. The molecule has 0 spiro atoms. The second-order valence-electron chi connectivity index (χ2n) is 9.28. The van der Waals surface area contributed by atoms with E-state index in [4.69, 9.17) is 9.47 Å². The van der Waals surface area contributed by atoms with Gasteiger partial charge in [-0.2, -0.15) is 0 Å². The first-order chi connectivity index (χ1) is 17.1. The highest BCUT2D eigenvalue weighted by molar-refractivity contribution is 8.00. The van der Waals surface area contributed by atoms with E-state index in [1.807, 2.05) is 6.20 Å². The first-order valence-corrected chi connectivity index (χ1v) is 13.5. The van der Waals surface area contributed by atoms with E-state index in [0.717, 1.165) is 29.3 Å². The Morgan fingerprint density at radius 2 is 2.17 bits per heavy atom. The zero-order chi connectivity index (χ0) is 25.9. The molecule has 1 unspecified atom stereocenters. The monoisotopic (exact) mass is 535 g/mol. The molecular weight excluding hydrogens is 506 g/mol. The molecule has 14 heteroatoms. The van der Waals surface area contributed by atoms with Crippen LogP contribution in [0.2, 0.25) is 0 Å². The number of ether oxygens (including phenoxy) is 2. The molecule has 1 fully saturated rings. The van der Waals surface area contributed by atoms with Crippen LogP contribution in [0.3, 0.4) is 0 Å². The number of hydrogen-bond acceptors (Lipinski definition) is 11. The van der Waals surface area contributed by atoms with Crippen molar-refractivity contribution in [2.75, 3.05) is 23.4 Å². The smallest absolute Gasteiger partial charge is 0.355 e. The fourth-order valence-corrected chi connectivity index (χ4v) is 5.76. The Labute approximate surface area is 216 Å². The standard InChI is InChI=1S/C22H29N7O5S2/c1-12(30)33-10-13-11-36-19-16(18(31)29(19)17(13)20(32)34-22(2,3)4)26-21-23-8-14(25-21)6-5-7-35-15-9-24-28-27-15/h8-9,16,19H,5-7,10-11H2,1-4H3,(H2,23,25,26)(H,24,27,28)/t16?,19-/m0/s1. The SMILES string of the molecule is CC(=O)OCC1=C(C(=O)OC(C)(C)C)N2C(=O)C(Nc3nc(CCCSc4cnn[nH]4)c[nH]3)[C@@H]2SC1. The first kappa shape index (κ1) is 26.1. The van der Waals surface area contributed by atoms with Gasteiger partial charge in [0.1, 0.15) is 34.3 Å². The number of H-pyrrole nitrogens is 2. The van der Waals surface area contributed by atoms with E-state index in [1.165, 1.54) is 23.6 Å². The second kappa shape index (κ2) is 10.9. The number of carbonyl (C=O) groups excluding carboxylic acids is 3. The quantitative estimate of drug-likeness (QED) is 0.177. The number of nitrogens with zero attached hydrogens (tertiary/aromatic N) is 4. The number of carbonyl (C=O) groups is 3. The molecule has 3 N–H and O–H groups in total. The third kappa shape index (κ3) is 6.22. The molecule has 194 valence electrons. The van der Waals surface area contributed by atoms with E-state index in [2.05, 4.69) is 30.7 Å². The molecule has 0 saturated carbocycles. The van der Waals surface area contributed by atoms with Gasteiger partial charge in [-0.25, -0.2) is 9.78 Å². The van der Waals surface area contributed by atoms with Crippen LogP contribution in [0, 0.1) is 0 Å². The summed E-state index contributed by atoms with van der Waals surface area (Å²) in [6.07, 6.45) is 5.20. The van der Waals surface area contributed by atoms with Gasteiger partial charge in [0.2, 0.25) is 5.95 Å². The third-order valence-electron chi connectivity index (χ3n) is 5.24. The lowest BCUT2D eigenvalue weighted by atomic mass is 10.0. The van der Waals surface area contributed by atoms with Gasteiger partial charge in [0.15, 0.2) is 0 Å². The molecule has 2 aliphatic rings. The highest BCUT2D eigenvalue weighted by Gasteiger charge is 2.54. The van der Waals surface area contributed by atoms with Crippen molar-refractivity contribution >= 4 is 47.3 Å². The number of hydrogen-bond donors (Lipinski definition) is 3. The third-order valence-corrected chi connectivity index (χ3v) is 7.58. The summed E-state index contributed by atoms with van der Waals surface area (Å²) in [5.74, 6) is 0.493. The van der Waals surface area contributed by atoms with Crippen LogP contribution in [0.4, 0.5) is 5.95 Å². The Morgan fingerprint density at radius 3 is 2.86 bits per heavy atom. The summed E-state index contributed by atoms with van der Waals surface area (Å²) >= 11 is 3.14. The summed E-state index contributed by atoms with van der Waals surface area (Å²) < 4.78 is 10.7. The van der Waals surface area contributed by atoms with Crippen molar-refractivity contribution in [3.63, 3.8) is 0 Å². The Hall–Kier alpha value is -3.00. The summed E-state index contributed by atoms with van der Waals surface area (Å²) in [7, 11) is 0. The molecular formula is C22H29N7O5S2. The Balaban J connectivity index is 1.38. The molecule has 0 bridgehead atoms. The fourth-order valence-electron chi connectivity index (χ4n) is 3.70. The number of anilines is 1. The average Bonchev–Trinajstić information content (AvgIpc) is 3.49. The van der Waals surface area contributed by atoms with Crippen molar-refractivity contribution in [3.05, 3.63) is 29.4 Å². The maximum Gasteiger partial charge on any atom is 0.355 e. The predicted octanol–water partition coefficient (Wildman–Crippen LogP) is 2.11. The molecule has 2 atom stereocenters. The van der Waals surface area contributed by atoms with E-state index in [9.17, 15) is 14.4 Å². The van der Waals surface area contributed by atoms with Crippen LogP contribution in [0.25, 0.3) is 0 Å². The van der Waals surface area contributed by atoms with Gasteiger partial charge < -0.3 is 19.8 Å². The van der Waals surface area contributed by atoms with Crippen molar-refractivity contribution in [3.8, 4) is 0 Å². The molecule has 1 amide bonds. The van der Waals surface area contributed by atoms with E-state index in [1.54, 1.807) is 38.7 Å². The van der Waals surface area contributed by atoms with Gasteiger partial charge in [-0.3, -0.25) is 19.6 Å². The van der Waals surface area contributed by atoms with Crippen molar-refractivity contribution in [1.82, 2.24) is 30.3 Å². The topological polar surface area (TPSA) is 155 Å². The van der Waals surface area contributed by atoms with Crippen LogP contribution in [0.5, 0.6) is 0 Å². The van der Waals surface area contributed by atoms with Gasteiger partial charge in [-0.1, -0.05) is 5.21 Å². The summed E-state index contributed by atoms with van der Waals surface area (Å²) in [5, 5.41) is 14.0. The molecule has 12 nitrogen and oxygen atoms in total. The van der Waals surface area contributed by atoms with Gasteiger partial charge in [-0.15, -0.1) is 28.6 Å². The van der Waals surface area contributed by atoms with E-state index in [0.29, 0.717) is 17.3 Å². The number of aromatic amines is 2.